The van der Waals surface area contributed by atoms with E-state index in [1.807, 2.05) is 62.0 Å². The number of imidazole rings is 2. The number of carbonyl (C=O) groups excluding carboxylic acids is 2. The van der Waals surface area contributed by atoms with Crippen LogP contribution in [0.3, 0.4) is 0 Å². The molecular weight excluding hydrogens is 444 g/mol. The highest BCUT2D eigenvalue weighted by atomic mass is 32.1. The maximum Gasteiger partial charge on any atom is 0.177 e. The molecule has 0 unspecified atom stereocenters. The van der Waals surface area contributed by atoms with Crippen LogP contribution in [0.15, 0.2) is 42.7 Å². The van der Waals surface area contributed by atoms with Gasteiger partial charge in [0.1, 0.15) is 0 Å². The number of hydrogen-bond donors (Lipinski definition) is 0. The molecule has 1 saturated carbocycles. The smallest absolute Gasteiger partial charge is 0.177 e. The summed E-state index contributed by atoms with van der Waals surface area (Å²) in [7, 11) is 1.98. The van der Waals surface area contributed by atoms with Gasteiger partial charge in [0.25, 0.3) is 0 Å². The van der Waals surface area contributed by atoms with E-state index in [0.717, 1.165) is 53.2 Å². The third-order valence-corrected chi connectivity index (χ3v) is 8.01. The van der Waals surface area contributed by atoms with Gasteiger partial charge in [0.2, 0.25) is 0 Å². The van der Waals surface area contributed by atoms with Gasteiger partial charge in [0.15, 0.2) is 23.2 Å². The van der Waals surface area contributed by atoms with E-state index in [2.05, 4.69) is 9.55 Å². The van der Waals surface area contributed by atoms with Crippen molar-refractivity contribution in [1.82, 2.24) is 19.1 Å². The second-order valence-electron chi connectivity index (χ2n) is 9.37. The molecule has 7 heteroatoms. The zero-order chi connectivity index (χ0) is 23.8. The van der Waals surface area contributed by atoms with E-state index in [-0.39, 0.29) is 17.6 Å². The van der Waals surface area contributed by atoms with E-state index >= 15 is 0 Å². The largest absolute Gasteiger partial charge is 0.331 e. The minimum absolute atomic E-state index is 0.120. The number of rotatable bonds is 7. The summed E-state index contributed by atoms with van der Waals surface area (Å²) in [4.78, 5) is 36.8. The SMILES string of the molecule is CCC(=O)c1ccc2c(c1)nc(-c1nccn1C)n2[C@H]1CCC[C@@H](CC(=O)c2ccc(C)s2)C1. The van der Waals surface area contributed by atoms with Crippen molar-refractivity contribution >= 4 is 33.9 Å². The Kier molecular flexibility index (Phi) is 6.21. The standard InChI is InChI=1S/C27H30N4O2S/c1-4-23(32)19-9-10-22-21(16-19)29-27(26-28-12-13-30(26)3)31(22)20-7-5-6-18(14-20)15-24(33)25-11-8-17(2)34-25/h8-13,16,18,20H,4-7,14-15H2,1-3H3/t18-,20+/m1/s1. The van der Waals surface area contributed by atoms with Crippen molar-refractivity contribution in [2.75, 3.05) is 0 Å². The molecule has 1 aliphatic rings. The minimum Gasteiger partial charge on any atom is -0.331 e. The van der Waals surface area contributed by atoms with Crippen molar-refractivity contribution in [2.24, 2.45) is 13.0 Å². The molecule has 0 amide bonds. The lowest BCUT2D eigenvalue weighted by Gasteiger charge is -2.31. The van der Waals surface area contributed by atoms with Crippen LogP contribution in [-0.4, -0.2) is 30.7 Å². The van der Waals surface area contributed by atoms with Crippen LogP contribution in [0.4, 0.5) is 0 Å². The molecule has 1 fully saturated rings. The summed E-state index contributed by atoms with van der Waals surface area (Å²) in [6.07, 6.45) is 8.92. The van der Waals surface area contributed by atoms with Crippen molar-refractivity contribution < 1.29 is 9.59 Å². The van der Waals surface area contributed by atoms with E-state index < -0.39 is 0 Å². The average molecular weight is 475 g/mol. The predicted octanol–water partition coefficient (Wildman–Crippen LogP) is 6.40. The summed E-state index contributed by atoms with van der Waals surface area (Å²) in [5.41, 5.74) is 2.55. The van der Waals surface area contributed by atoms with E-state index in [0.29, 0.717) is 24.3 Å². The first kappa shape index (κ1) is 22.7. The fraction of sp³-hybridized carbons (Fsp3) is 0.407. The first-order valence-electron chi connectivity index (χ1n) is 12.1. The van der Waals surface area contributed by atoms with Crippen LogP contribution in [0.25, 0.3) is 22.7 Å². The van der Waals surface area contributed by atoms with E-state index in [4.69, 9.17) is 4.98 Å². The number of hydrogen-bond acceptors (Lipinski definition) is 5. The lowest BCUT2D eigenvalue weighted by atomic mass is 9.82. The molecule has 0 radical (unpaired) electrons. The van der Waals surface area contributed by atoms with Crippen molar-refractivity contribution in [2.45, 2.75) is 58.4 Å². The summed E-state index contributed by atoms with van der Waals surface area (Å²) in [6, 6.07) is 10.1. The molecule has 1 aliphatic carbocycles. The number of aryl methyl sites for hydroxylation is 2. The molecule has 1 aromatic carbocycles. The lowest BCUT2D eigenvalue weighted by molar-refractivity contribution is 0.0944. The monoisotopic (exact) mass is 474 g/mol. The molecule has 4 aromatic rings. The number of fused-ring (bicyclic) bond motifs is 1. The van der Waals surface area contributed by atoms with Gasteiger partial charge in [-0.05, 0) is 62.4 Å². The van der Waals surface area contributed by atoms with Crippen molar-refractivity contribution in [1.29, 1.82) is 0 Å². The average Bonchev–Trinajstić information content (AvgIpc) is 3.55. The van der Waals surface area contributed by atoms with E-state index in [9.17, 15) is 9.59 Å². The Morgan fingerprint density at radius 2 is 1.97 bits per heavy atom. The number of Topliss-reactive ketones (excluding diaryl/α,β-unsaturated/α-hetero) is 2. The van der Waals surface area contributed by atoms with Gasteiger partial charge in [0, 0.05) is 48.8 Å². The van der Waals surface area contributed by atoms with Crippen LogP contribution >= 0.6 is 11.3 Å². The van der Waals surface area contributed by atoms with Gasteiger partial charge in [-0.15, -0.1) is 11.3 Å². The Labute approximate surface area is 203 Å². The summed E-state index contributed by atoms with van der Waals surface area (Å²) in [5.74, 6) is 2.36. The zero-order valence-corrected chi connectivity index (χ0v) is 20.8. The zero-order valence-electron chi connectivity index (χ0n) is 20.0. The van der Waals surface area contributed by atoms with E-state index in [1.165, 1.54) is 4.88 Å². The molecular formula is C27H30N4O2S. The van der Waals surface area contributed by atoms with Crippen molar-refractivity contribution in [3.8, 4) is 11.6 Å². The van der Waals surface area contributed by atoms with Crippen LogP contribution in [0.2, 0.25) is 0 Å². The molecule has 2 atom stereocenters. The number of carbonyl (C=O) groups is 2. The third kappa shape index (κ3) is 4.25. The Morgan fingerprint density at radius 3 is 2.68 bits per heavy atom. The fourth-order valence-electron chi connectivity index (χ4n) is 5.21. The van der Waals surface area contributed by atoms with Gasteiger partial charge in [-0.1, -0.05) is 13.3 Å². The van der Waals surface area contributed by atoms with Gasteiger partial charge < -0.3 is 9.13 Å². The Morgan fingerprint density at radius 1 is 1.12 bits per heavy atom. The number of aromatic nitrogens is 4. The molecule has 0 saturated heterocycles. The summed E-state index contributed by atoms with van der Waals surface area (Å²) in [5, 5.41) is 0. The summed E-state index contributed by atoms with van der Waals surface area (Å²) in [6.45, 7) is 3.92. The predicted molar refractivity (Wildman–Crippen MR) is 136 cm³/mol. The molecule has 0 spiro atoms. The topological polar surface area (TPSA) is 69.8 Å². The second-order valence-corrected chi connectivity index (χ2v) is 10.7. The molecule has 34 heavy (non-hydrogen) atoms. The van der Waals surface area contributed by atoms with Crippen LogP contribution in [0.1, 0.15) is 76.4 Å². The first-order chi connectivity index (χ1) is 16.4. The second kappa shape index (κ2) is 9.29. The van der Waals surface area contributed by atoms with Crippen LogP contribution in [0.5, 0.6) is 0 Å². The van der Waals surface area contributed by atoms with Crippen LogP contribution < -0.4 is 0 Å². The number of thiophene rings is 1. The Hall–Kier alpha value is -3.06. The summed E-state index contributed by atoms with van der Waals surface area (Å²) >= 11 is 1.59. The van der Waals surface area contributed by atoms with Gasteiger partial charge in [-0.2, -0.15) is 0 Å². The lowest BCUT2D eigenvalue weighted by Crippen LogP contribution is -2.22. The summed E-state index contributed by atoms with van der Waals surface area (Å²) < 4.78 is 4.29. The molecule has 0 N–H and O–H groups in total. The third-order valence-electron chi connectivity index (χ3n) is 6.96. The highest BCUT2D eigenvalue weighted by Crippen LogP contribution is 2.39. The van der Waals surface area contributed by atoms with Crippen molar-refractivity contribution in [3.63, 3.8) is 0 Å². The molecule has 3 heterocycles. The van der Waals surface area contributed by atoms with Gasteiger partial charge >= 0.3 is 0 Å². The molecule has 6 nitrogen and oxygen atoms in total. The molecule has 0 bridgehead atoms. The highest BCUT2D eigenvalue weighted by Gasteiger charge is 2.29. The number of benzene rings is 1. The minimum atomic E-state index is 0.120. The van der Waals surface area contributed by atoms with Crippen LogP contribution in [0, 0.1) is 12.8 Å². The van der Waals surface area contributed by atoms with E-state index in [1.54, 1.807) is 17.5 Å². The normalized spacial score (nSPS) is 18.4. The Balaban J connectivity index is 1.50. The van der Waals surface area contributed by atoms with Crippen molar-refractivity contribution in [3.05, 3.63) is 58.0 Å². The molecule has 3 aromatic heterocycles. The molecule has 5 rings (SSSR count). The quantitative estimate of drug-likeness (QED) is 0.290. The maximum absolute atomic E-state index is 12.9. The molecule has 176 valence electrons. The Bertz CT molecular complexity index is 1360. The van der Waals surface area contributed by atoms with Gasteiger partial charge in [0.05, 0.1) is 15.9 Å². The first-order valence-corrected chi connectivity index (χ1v) is 12.9. The van der Waals surface area contributed by atoms with Crippen LogP contribution in [-0.2, 0) is 7.05 Å². The highest BCUT2D eigenvalue weighted by molar-refractivity contribution is 7.14. The number of nitrogens with zero attached hydrogens (tertiary/aromatic N) is 4. The maximum atomic E-state index is 12.9. The fourth-order valence-corrected chi connectivity index (χ4v) is 6.03. The van der Waals surface area contributed by atoms with Gasteiger partial charge in [-0.3, -0.25) is 9.59 Å². The number of ketones is 2. The van der Waals surface area contributed by atoms with Gasteiger partial charge in [-0.25, -0.2) is 9.97 Å². The molecule has 0 aliphatic heterocycles.